The van der Waals surface area contributed by atoms with Crippen LogP contribution < -0.4 is 5.32 Å². The molecular weight excluding hydrogens is 312 g/mol. The van der Waals surface area contributed by atoms with Gasteiger partial charge in [-0.1, -0.05) is 13.8 Å². The van der Waals surface area contributed by atoms with Gasteiger partial charge < -0.3 is 5.32 Å². The van der Waals surface area contributed by atoms with Crippen LogP contribution in [0.5, 0.6) is 0 Å². The van der Waals surface area contributed by atoms with Gasteiger partial charge in [-0.15, -0.1) is 11.3 Å². The van der Waals surface area contributed by atoms with E-state index in [4.69, 9.17) is 0 Å². The number of thiophene rings is 1. The molecule has 3 nitrogen and oxygen atoms in total. The molecule has 0 saturated carbocycles. The maximum atomic E-state index is 11.8. The van der Waals surface area contributed by atoms with Crippen LogP contribution in [0.3, 0.4) is 0 Å². The number of halogens is 1. The second kappa shape index (κ2) is 7.26. The van der Waals surface area contributed by atoms with Crippen molar-refractivity contribution in [1.82, 2.24) is 10.2 Å². The monoisotopic (exact) mass is 332 g/mol. The van der Waals surface area contributed by atoms with Gasteiger partial charge in [0.05, 0.1) is 10.3 Å². The molecule has 0 spiro atoms. The Bertz CT molecular complexity index is 392. The summed E-state index contributed by atoms with van der Waals surface area (Å²) in [6.07, 6.45) is 0. The number of nitrogens with zero attached hydrogens (tertiary/aromatic N) is 1. The highest BCUT2D eigenvalue weighted by atomic mass is 79.9. The lowest BCUT2D eigenvalue weighted by Gasteiger charge is -2.20. The number of likely N-dealkylation sites (N-methyl/N-ethyl adjacent to an activating group) is 1. The highest BCUT2D eigenvalue weighted by molar-refractivity contribution is 9.11. The molecule has 1 aromatic heterocycles. The highest BCUT2D eigenvalue weighted by Gasteiger charge is 2.13. The molecule has 1 heterocycles. The van der Waals surface area contributed by atoms with E-state index in [1.165, 1.54) is 4.88 Å². The number of hydrogen-bond donors (Lipinski definition) is 1. The third kappa shape index (κ3) is 5.50. The van der Waals surface area contributed by atoms with E-state index >= 15 is 0 Å². The topological polar surface area (TPSA) is 32.3 Å². The number of amides is 1. The average molecular weight is 333 g/mol. The molecule has 1 amide bonds. The maximum Gasteiger partial charge on any atom is 0.234 e. The first-order chi connectivity index (χ1) is 8.38. The van der Waals surface area contributed by atoms with Crippen molar-refractivity contribution in [3.8, 4) is 0 Å². The van der Waals surface area contributed by atoms with Gasteiger partial charge in [-0.05, 0) is 48.0 Å². The maximum absolute atomic E-state index is 11.8. The molecule has 102 valence electrons. The van der Waals surface area contributed by atoms with Crippen molar-refractivity contribution in [2.45, 2.75) is 33.4 Å². The van der Waals surface area contributed by atoms with Gasteiger partial charge in [-0.2, -0.15) is 0 Å². The standard InChI is InChI=1S/C13H21BrN2OS/c1-9(2)10(3)15-13(17)8-16(4)7-11-5-6-12(14)18-11/h5-6,9-10H,7-8H2,1-4H3,(H,15,17). The Hall–Kier alpha value is -0.390. The summed E-state index contributed by atoms with van der Waals surface area (Å²) in [7, 11) is 1.97. The number of nitrogens with one attached hydrogen (secondary N) is 1. The molecule has 1 aromatic rings. The number of hydrogen-bond acceptors (Lipinski definition) is 3. The van der Waals surface area contributed by atoms with Crippen LogP contribution in [0.4, 0.5) is 0 Å². The fraction of sp³-hybridized carbons (Fsp3) is 0.615. The lowest BCUT2D eigenvalue weighted by atomic mass is 10.1. The van der Waals surface area contributed by atoms with E-state index in [2.05, 4.69) is 41.2 Å². The third-order valence-electron chi connectivity index (χ3n) is 2.86. The quantitative estimate of drug-likeness (QED) is 0.868. The largest absolute Gasteiger partial charge is 0.352 e. The Labute approximate surface area is 122 Å². The van der Waals surface area contributed by atoms with Gasteiger partial charge in [-0.25, -0.2) is 0 Å². The second-order valence-electron chi connectivity index (χ2n) is 4.98. The molecule has 0 aliphatic heterocycles. The molecule has 1 atom stereocenters. The van der Waals surface area contributed by atoms with Gasteiger partial charge in [0, 0.05) is 17.5 Å². The SMILES string of the molecule is CC(C)C(C)NC(=O)CN(C)Cc1ccc(Br)s1. The summed E-state index contributed by atoms with van der Waals surface area (Å²) in [4.78, 5) is 15.1. The molecule has 18 heavy (non-hydrogen) atoms. The average Bonchev–Trinajstić information content (AvgIpc) is 2.62. The van der Waals surface area contributed by atoms with E-state index in [1.54, 1.807) is 11.3 Å². The number of carbonyl (C=O) groups is 1. The Balaban J connectivity index is 2.35. The van der Waals surface area contributed by atoms with E-state index < -0.39 is 0 Å². The van der Waals surface area contributed by atoms with Crippen LogP contribution in [0.25, 0.3) is 0 Å². The zero-order valence-electron chi connectivity index (χ0n) is 11.4. The number of carbonyl (C=O) groups excluding carboxylic acids is 1. The first kappa shape index (κ1) is 15.7. The minimum absolute atomic E-state index is 0.0920. The van der Waals surface area contributed by atoms with Crippen LogP contribution in [0.2, 0.25) is 0 Å². The fourth-order valence-electron chi connectivity index (χ4n) is 1.47. The van der Waals surface area contributed by atoms with E-state index in [0.717, 1.165) is 10.3 Å². The van der Waals surface area contributed by atoms with Crippen molar-refractivity contribution in [2.75, 3.05) is 13.6 Å². The Morgan fingerprint density at radius 2 is 2.11 bits per heavy atom. The van der Waals surface area contributed by atoms with Gasteiger partial charge in [0.2, 0.25) is 5.91 Å². The summed E-state index contributed by atoms with van der Waals surface area (Å²) in [6, 6.07) is 4.34. The van der Waals surface area contributed by atoms with E-state index in [0.29, 0.717) is 12.5 Å². The summed E-state index contributed by atoms with van der Waals surface area (Å²) < 4.78 is 1.13. The lowest BCUT2D eigenvalue weighted by Crippen LogP contribution is -2.41. The fourth-order valence-corrected chi connectivity index (χ4v) is 3.03. The molecule has 0 saturated heterocycles. The molecule has 0 radical (unpaired) electrons. The molecule has 5 heteroatoms. The van der Waals surface area contributed by atoms with Gasteiger partial charge in [-0.3, -0.25) is 9.69 Å². The van der Waals surface area contributed by atoms with Gasteiger partial charge >= 0.3 is 0 Å². The Kier molecular flexibility index (Phi) is 6.32. The van der Waals surface area contributed by atoms with Crippen molar-refractivity contribution in [3.05, 3.63) is 20.8 Å². The van der Waals surface area contributed by atoms with Crippen molar-refractivity contribution >= 4 is 33.2 Å². The van der Waals surface area contributed by atoms with Crippen LogP contribution >= 0.6 is 27.3 Å². The molecule has 0 aliphatic carbocycles. The summed E-state index contributed by atoms with van der Waals surface area (Å²) in [5.74, 6) is 0.557. The summed E-state index contributed by atoms with van der Waals surface area (Å²) in [5.41, 5.74) is 0. The normalized spacial score (nSPS) is 13.1. The Morgan fingerprint density at radius 1 is 1.44 bits per heavy atom. The van der Waals surface area contributed by atoms with Crippen LogP contribution in [0.1, 0.15) is 25.6 Å². The molecule has 1 N–H and O–H groups in total. The van der Waals surface area contributed by atoms with E-state index in [-0.39, 0.29) is 11.9 Å². The molecule has 0 aliphatic rings. The highest BCUT2D eigenvalue weighted by Crippen LogP contribution is 2.22. The molecule has 0 fully saturated rings. The second-order valence-corrected chi connectivity index (χ2v) is 7.53. The van der Waals surface area contributed by atoms with Crippen molar-refractivity contribution < 1.29 is 4.79 Å². The molecule has 1 rings (SSSR count). The summed E-state index contributed by atoms with van der Waals surface area (Å²) in [6.45, 7) is 7.50. The third-order valence-corrected chi connectivity index (χ3v) is 4.47. The minimum Gasteiger partial charge on any atom is -0.352 e. The van der Waals surface area contributed by atoms with E-state index in [9.17, 15) is 4.79 Å². The smallest absolute Gasteiger partial charge is 0.234 e. The van der Waals surface area contributed by atoms with Crippen LogP contribution in [0.15, 0.2) is 15.9 Å². The van der Waals surface area contributed by atoms with Crippen molar-refractivity contribution in [3.63, 3.8) is 0 Å². The summed E-state index contributed by atoms with van der Waals surface area (Å²) >= 11 is 5.15. The predicted molar refractivity (Wildman–Crippen MR) is 80.8 cm³/mol. The number of rotatable bonds is 6. The van der Waals surface area contributed by atoms with Crippen molar-refractivity contribution in [2.24, 2.45) is 5.92 Å². The predicted octanol–water partition coefficient (Wildman–Crippen LogP) is 3.10. The zero-order chi connectivity index (χ0) is 13.7. The van der Waals surface area contributed by atoms with Gasteiger partial charge in [0.1, 0.15) is 0 Å². The molecule has 1 unspecified atom stereocenters. The van der Waals surface area contributed by atoms with Crippen LogP contribution in [-0.4, -0.2) is 30.4 Å². The molecule has 0 bridgehead atoms. The van der Waals surface area contributed by atoms with Gasteiger partial charge in [0.25, 0.3) is 0 Å². The summed E-state index contributed by atoms with van der Waals surface area (Å²) in [5, 5.41) is 3.01. The van der Waals surface area contributed by atoms with Crippen LogP contribution in [-0.2, 0) is 11.3 Å². The van der Waals surface area contributed by atoms with Crippen LogP contribution in [0, 0.1) is 5.92 Å². The first-order valence-corrected chi connectivity index (χ1v) is 7.71. The lowest BCUT2D eigenvalue weighted by molar-refractivity contribution is -0.122. The minimum atomic E-state index is 0.0920. The first-order valence-electron chi connectivity index (χ1n) is 6.10. The van der Waals surface area contributed by atoms with Gasteiger partial charge in [0.15, 0.2) is 0 Å². The van der Waals surface area contributed by atoms with E-state index in [1.807, 2.05) is 24.9 Å². The van der Waals surface area contributed by atoms with Crippen molar-refractivity contribution in [1.29, 1.82) is 0 Å². The Morgan fingerprint density at radius 3 is 2.61 bits per heavy atom. The molecular formula is C13H21BrN2OS. The molecule has 0 aromatic carbocycles. The zero-order valence-corrected chi connectivity index (χ0v) is 13.8.